The molecule has 4 nitrogen and oxygen atoms in total. The van der Waals surface area contributed by atoms with Crippen LogP contribution in [0.3, 0.4) is 0 Å². The highest BCUT2D eigenvalue weighted by Crippen LogP contribution is 2.38. The zero-order valence-electron chi connectivity index (χ0n) is 16.1. The van der Waals surface area contributed by atoms with Crippen LogP contribution in [0.2, 0.25) is 5.02 Å². The Hall–Kier alpha value is -3.65. The Labute approximate surface area is 184 Å². The van der Waals surface area contributed by atoms with Gasteiger partial charge in [0.25, 0.3) is 0 Å². The van der Waals surface area contributed by atoms with Crippen molar-refractivity contribution < 1.29 is 32.3 Å². The molecular formula is C23H14ClF4NO3. The lowest BCUT2D eigenvalue weighted by atomic mass is 9.98. The van der Waals surface area contributed by atoms with E-state index >= 15 is 0 Å². The first-order valence-corrected chi connectivity index (χ1v) is 9.41. The lowest BCUT2D eigenvalue weighted by molar-refractivity contribution is -0.137. The van der Waals surface area contributed by atoms with Crippen LogP contribution in [0, 0.1) is 5.82 Å². The maximum absolute atomic E-state index is 14.7. The number of hydrogen-bond donors (Lipinski definition) is 2. The van der Waals surface area contributed by atoms with Crippen molar-refractivity contribution >= 4 is 46.9 Å². The predicted molar refractivity (Wildman–Crippen MR) is 113 cm³/mol. The minimum Gasteiger partial charge on any atom is -0.478 e. The molecule has 3 rings (SSSR count). The van der Waals surface area contributed by atoms with E-state index < -0.39 is 29.1 Å². The lowest BCUT2D eigenvalue weighted by Gasteiger charge is -2.15. The molecule has 3 aromatic carbocycles. The number of halogens is 5. The van der Waals surface area contributed by atoms with Crippen molar-refractivity contribution in [1.29, 1.82) is 0 Å². The molecule has 0 aromatic heterocycles. The maximum Gasteiger partial charge on any atom is 0.417 e. The maximum atomic E-state index is 14.7. The molecular weight excluding hydrogens is 450 g/mol. The van der Waals surface area contributed by atoms with Crippen molar-refractivity contribution in [3.8, 4) is 0 Å². The molecule has 0 atom stereocenters. The van der Waals surface area contributed by atoms with Crippen molar-refractivity contribution in [2.75, 3.05) is 5.32 Å². The van der Waals surface area contributed by atoms with Gasteiger partial charge in [0.1, 0.15) is 5.82 Å². The van der Waals surface area contributed by atoms with Gasteiger partial charge in [0, 0.05) is 33.1 Å². The molecule has 2 N–H and O–H groups in total. The molecule has 0 radical (unpaired) electrons. The first-order valence-electron chi connectivity index (χ1n) is 9.03. The van der Waals surface area contributed by atoms with Gasteiger partial charge in [0.15, 0.2) is 6.29 Å². The van der Waals surface area contributed by atoms with E-state index in [9.17, 15) is 27.2 Å². The number of nitrogens with one attached hydrogen (secondary N) is 1. The Morgan fingerprint density at radius 2 is 1.66 bits per heavy atom. The van der Waals surface area contributed by atoms with Gasteiger partial charge in [-0.25, -0.2) is 9.18 Å². The summed E-state index contributed by atoms with van der Waals surface area (Å²) in [5.74, 6) is -1.98. The average Bonchev–Trinajstić information content (AvgIpc) is 2.73. The number of alkyl halides is 3. The summed E-state index contributed by atoms with van der Waals surface area (Å²) in [5, 5.41) is 11.6. The number of carboxylic acid groups (broad SMARTS) is 1. The van der Waals surface area contributed by atoms with E-state index in [-0.39, 0.29) is 33.7 Å². The smallest absolute Gasteiger partial charge is 0.417 e. The molecule has 0 aliphatic rings. The summed E-state index contributed by atoms with van der Waals surface area (Å²) in [7, 11) is 0. The van der Waals surface area contributed by atoms with Crippen LogP contribution in [0.4, 0.5) is 28.9 Å². The SMILES string of the molecule is O=C/C(=C/c1c(Cl)cccc1C(F)(F)F)c1c(F)cccc1Nc1ccc(C(=O)O)cc1. The van der Waals surface area contributed by atoms with Gasteiger partial charge in [-0.15, -0.1) is 0 Å². The van der Waals surface area contributed by atoms with E-state index in [2.05, 4.69) is 5.32 Å². The summed E-state index contributed by atoms with van der Waals surface area (Å²) in [6, 6.07) is 12.5. The Bertz CT molecular complexity index is 1200. The van der Waals surface area contributed by atoms with E-state index in [0.29, 0.717) is 5.69 Å². The van der Waals surface area contributed by atoms with Gasteiger partial charge in [-0.05, 0) is 54.6 Å². The monoisotopic (exact) mass is 463 g/mol. The Kier molecular flexibility index (Phi) is 6.64. The number of anilines is 2. The van der Waals surface area contributed by atoms with Crippen LogP contribution >= 0.6 is 11.6 Å². The van der Waals surface area contributed by atoms with Gasteiger partial charge in [-0.1, -0.05) is 23.7 Å². The Balaban J connectivity index is 2.11. The topological polar surface area (TPSA) is 66.4 Å². The van der Waals surface area contributed by atoms with Crippen molar-refractivity contribution in [3.05, 3.63) is 93.8 Å². The number of rotatable bonds is 6. The molecule has 0 amide bonds. The molecule has 0 aliphatic carbocycles. The molecule has 0 saturated heterocycles. The standard InChI is InChI=1S/C23H14ClF4NO3/c24-18-4-1-3-17(23(26,27)28)16(18)11-14(12-30)21-19(25)5-2-6-20(21)29-15-9-7-13(8-10-15)22(31)32/h1-12,29H,(H,31,32)/b14-11-. The molecule has 32 heavy (non-hydrogen) atoms. The van der Waals surface area contributed by atoms with E-state index in [1.807, 2.05) is 0 Å². The molecule has 164 valence electrons. The van der Waals surface area contributed by atoms with E-state index in [0.717, 1.165) is 24.3 Å². The Morgan fingerprint density at radius 3 is 2.25 bits per heavy atom. The number of carboxylic acids is 1. The molecule has 0 spiro atoms. The lowest BCUT2D eigenvalue weighted by Crippen LogP contribution is -2.08. The van der Waals surface area contributed by atoms with E-state index in [1.54, 1.807) is 0 Å². The third kappa shape index (κ3) is 4.97. The van der Waals surface area contributed by atoms with Gasteiger partial charge in [-0.3, -0.25) is 4.79 Å². The molecule has 0 fully saturated rings. The largest absolute Gasteiger partial charge is 0.478 e. The molecule has 3 aromatic rings. The molecule has 0 aliphatic heterocycles. The fourth-order valence-electron chi connectivity index (χ4n) is 3.02. The van der Waals surface area contributed by atoms with Crippen LogP contribution < -0.4 is 5.32 Å². The van der Waals surface area contributed by atoms with Crippen LogP contribution in [0.15, 0.2) is 60.7 Å². The third-order valence-electron chi connectivity index (χ3n) is 4.50. The number of benzene rings is 3. The van der Waals surface area contributed by atoms with Crippen LogP contribution in [0.1, 0.15) is 27.0 Å². The van der Waals surface area contributed by atoms with Gasteiger partial charge in [0.05, 0.1) is 11.1 Å². The number of aromatic carboxylic acids is 1. The summed E-state index contributed by atoms with van der Waals surface area (Å²) in [6.07, 6.45) is -3.62. The number of carbonyl (C=O) groups excluding carboxylic acids is 1. The third-order valence-corrected chi connectivity index (χ3v) is 4.83. The van der Waals surface area contributed by atoms with Gasteiger partial charge in [-0.2, -0.15) is 13.2 Å². The second-order valence-electron chi connectivity index (χ2n) is 6.59. The average molecular weight is 464 g/mol. The highest BCUT2D eigenvalue weighted by Gasteiger charge is 2.33. The van der Waals surface area contributed by atoms with Crippen molar-refractivity contribution in [1.82, 2.24) is 0 Å². The Morgan fingerprint density at radius 1 is 1.00 bits per heavy atom. The minimum atomic E-state index is -4.74. The van der Waals surface area contributed by atoms with Crippen LogP contribution in [-0.2, 0) is 11.0 Å². The molecule has 0 unspecified atom stereocenters. The summed E-state index contributed by atoms with van der Waals surface area (Å²) in [4.78, 5) is 22.8. The summed E-state index contributed by atoms with van der Waals surface area (Å²) in [6.45, 7) is 0. The fourth-order valence-corrected chi connectivity index (χ4v) is 3.25. The van der Waals surface area contributed by atoms with Gasteiger partial charge in [0.2, 0.25) is 0 Å². The molecule has 0 heterocycles. The van der Waals surface area contributed by atoms with Crippen LogP contribution in [-0.4, -0.2) is 17.4 Å². The highest BCUT2D eigenvalue weighted by atomic mass is 35.5. The predicted octanol–water partition coefficient (Wildman–Crippen LogP) is 6.68. The molecule has 9 heteroatoms. The minimum absolute atomic E-state index is 0.0295. The van der Waals surface area contributed by atoms with Crippen molar-refractivity contribution in [3.63, 3.8) is 0 Å². The summed E-state index contributed by atoms with van der Waals surface area (Å²) >= 11 is 5.96. The molecule has 0 saturated carbocycles. The summed E-state index contributed by atoms with van der Waals surface area (Å²) in [5.41, 5.74) is -1.68. The van der Waals surface area contributed by atoms with Crippen LogP contribution in [0.25, 0.3) is 11.6 Å². The van der Waals surface area contributed by atoms with Gasteiger partial charge >= 0.3 is 12.1 Å². The number of hydrogen-bond acceptors (Lipinski definition) is 3. The number of aldehydes is 1. The summed E-state index contributed by atoms with van der Waals surface area (Å²) < 4.78 is 55.0. The van der Waals surface area contributed by atoms with Crippen molar-refractivity contribution in [2.24, 2.45) is 0 Å². The number of allylic oxidation sites excluding steroid dienone is 1. The zero-order valence-corrected chi connectivity index (χ0v) is 16.8. The number of carbonyl (C=O) groups is 2. The highest BCUT2D eigenvalue weighted by molar-refractivity contribution is 6.33. The van der Waals surface area contributed by atoms with Crippen LogP contribution in [0.5, 0.6) is 0 Å². The second kappa shape index (κ2) is 9.23. The first kappa shape index (κ1) is 23.0. The molecule has 0 bridgehead atoms. The quantitative estimate of drug-likeness (QED) is 0.185. The fraction of sp³-hybridized carbons (Fsp3) is 0.0435. The van der Waals surface area contributed by atoms with Gasteiger partial charge < -0.3 is 10.4 Å². The first-order chi connectivity index (χ1) is 15.1. The normalized spacial score (nSPS) is 11.8. The van der Waals surface area contributed by atoms with E-state index in [4.69, 9.17) is 16.7 Å². The second-order valence-corrected chi connectivity index (χ2v) is 6.99. The van der Waals surface area contributed by atoms with E-state index in [1.165, 1.54) is 42.5 Å². The van der Waals surface area contributed by atoms with Crippen molar-refractivity contribution in [2.45, 2.75) is 6.18 Å². The zero-order chi connectivity index (χ0) is 23.5.